The van der Waals surface area contributed by atoms with Crippen LogP contribution in [0.2, 0.25) is 0 Å². The van der Waals surface area contributed by atoms with E-state index in [0.29, 0.717) is 12.8 Å². The first-order valence-electron chi connectivity index (χ1n) is 33.8. The second-order valence-corrected chi connectivity index (χ2v) is 24.0. The molecule has 3 aliphatic rings. The third-order valence-corrected chi connectivity index (χ3v) is 16.7. The number of likely N-dealkylation sites (tertiary alicyclic amines) is 2. The molecule has 11 rings (SSSR count). The molecule has 0 spiro atoms. The largest absolute Gasteiger partial charge is 0.446 e. The first-order valence-corrected chi connectivity index (χ1v) is 33.8. The Kier molecular flexibility index (Phi) is 31.3. The summed E-state index contributed by atoms with van der Waals surface area (Å²) in [6.07, 6.45) is 3.55. The van der Waals surface area contributed by atoms with E-state index in [1.807, 2.05) is 232 Å². The third kappa shape index (κ3) is 26.2. The fourth-order valence-electron chi connectivity index (χ4n) is 11.2. The summed E-state index contributed by atoms with van der Waals surface area (Å²) in [5, 5.41) is 15.1. The van der Waals surface area contributed by atoms with Crippen LogP contribution in [0.1, 0.15) is 49.7 Å². The van der Waals surface area contributed by atoms with Crippen molar-refractivity contribution in [1.29, 1.82) is 0 Å². The molecule has 20 nitrogen and oxygen atoms in total. The van der Waals surface area contributed by atoms with Crippen molar-refractivity contribution in [2.45, 2.75) is 70.1 Å². The fourth-order valence-corrected chi connectivity index (χ4v) is 11.2. The molecule has 8 aromatic carbocycles. The molecular formula is C79H93N9O11. The molecule has 0 aromatic heterocycles. The van der Waals surface area contributed by atoms with Crippen molar-refractivity contribution in [1.82, 2.24) is 30.2 Å². The molecule has 5 N–H and O–H groups in total. The number of carbonyl (C=O) groups excluding carboxylic acids is 6. The van der Waals surface area contributed by atoms with Crippen molar-refractivity contribution in [3.63, 3.8) is 0 Å². The van der Waals surface area contributed by atoms with Gasteiger partial charge >= 0.3 is 30.5 Å². The van der Waals surface area contributed by atoms with Gasteiger partial charge in [0.2, 0.25) is 0 Å². The van der Waals surface area contributed by atoms with Crippen molar-refractivity contribution < 1.29 is 52.5 Å². The standard InChI is InChI=1S/C29H33N3O4.C21H27N3O2.C18H20N2O2.C11H13NO3/c1-31(29(34)35-22-23-10-4-2-5-11-23)20-21-32-18-16-25(17-19-32)36-28(33)30-27-15-9-8-14-26(27)24-12-6-3-7-13-24;1-22-13-16-24-14-11-18(12-15-24)26-21(25)23-20-10-6-5-9-19(20)17-7-3-2-4-8-17;21-18(22-15-10-12-19-13-11-15)20-17-9-5-4-8-16(17)14-6-2-1-3-7-14;1-12(7-8-13)11(14)15-9-10-5-3-2-4-6-10/h2-15,25H,16-22H2,1H3,(H,30,33);2-10,18,22H,11-16H2,1H3,(H,23,25);1-9,15,19H,10-13H2,(H,20,21);2-6,8H,7,9H2,1H3. The predicted molar refractivity (Wildman–Crippen MR) is 389 cm³/mol. The van der Waals surface area contributed by atoms with Crippen LogP contribution in [0.5, 0.6) is 0 Å². The summed E-state index contributed by atoms with van der Waals surface area (Å²) < 4.78 is 27.2. The minimum absolute atomic E-state index is 0.00476. The lowest BCUT2D eigenvalue weighted by Crippen LogP contribution is -2.42. The summed E-state index contributed by atoms with van der Waals surface area (Å²) in [6, 6.07) is 72.3. The van der Waals surface area contributed by atoms with Gasteiger partial charge in [0.05, 0.1) is 23.6 Å². The molecule has 0 radical (unpaired) electrons. The topological polar surface area (TPSA) is 222 Å². The lowest BCUT2D eigenvalue weighted by atomic mass is 10.0. The zero-order chi connectivity index (χ0) is 69.7. The maximum Gasteiger partial charge on any atom is 0.411 e. The minimum atomic E-state index is -0.494. The Morgan fingerprint density at radius 2 is 0.758 bits per heavy atom. The van der Waals surface area contributed by atoms with Crippen LogP contribution >= 0.6 is 0 Å². The molecule has 5 amide bonds. The van der Waals surface area contributed by atoms with E-state index in [0.717, 1.165) is 159 Å². The van der Waals surface area contributed by atoms with Gasteiger partial charge in [0.25, 0.3) is 0 Å². The van der Waals surface area contributed by atoms with E-state index < -0.39 is 12.2 Å². The molecule has 3 aliphatic heterocycles. The SMILES string of the molecule is CN(CC=O)C(=O)OCc1ccccc1.CN(CCN1CCC(OC(=O)Nc2ccccc2-c2ccccc2)CC1)C(=O)OCc1ccccc1.CNCCN1CCC(OC(=O)Nc2ccccc2-c2ccccc2)CC1.O=C(Nc1ccccc1-c1ccccc1)OC1CCNCC1. The van der Waals surface area contributed by atoms with Gasteiger partial charge in [-0.25, -0.2) is 24.0 Å². The molecule has 20 heteroatoms. The summed E-state index contributed by atoms with van der Waals surface area (Å²) in [5.41, 5.74) is 10.3. The Morgan fingerprint density at radius 1 is 0.434 bits per heavy atom. The number of amides is 5. The van der Waals surface area contributed by atoms with E-state index in [-0.39, 0.29) is 56.4 Å². The zero-order valence-electron chi connectivity index (χ0n) is 56.9. The van der Waals surface area contributed by atoms with Crippen LogP contribution < -0.4 is 26.6 Å². The molecule has 0 unspecified atom stereocenters. The van der Waals surface area contributed by atoms with Crippen LogP contribution in [-0.2, 0) is 41.7 Å². The lowest BCUT2D eigenvalue weighted by molar-refractivity contribution is -0.108. The van der Waals surface area contributed by atoms with Crippen molar-refractivity contribution >= 4 is 53.8 Å². The average molecular weight is 1340 g/mol. The van der Waals surface area contributed by atoms with Gasteiger partial charge in [-0.15, -0.1) is 0 Å². The quantitative estimate of drug-likeness (QED) is 0.0333. The molecule has 3 saturated heterocycles. The molecule has 0 saturated carbocycles. The molecular weight excluding hydrogens is 1250 g/mol. The predicted octanol–water partition coefficient (Wildman–Crippen LogP) is 14.3. The van der Waals surface area contributed by atoms with Gasteiger partial charge in [0, 0.05) is 83.1 Å². The van der Waals surface area contributed by atoms with E-state index in [1.54, 1.807) is 11.9 Å². The zero-order valence-corrected chi connectivity index (χ0v) is 56.9. The Bertz CT molecular complexity index is 3690. The first kappa shape index (κ1) is 74.4. The number of likely N-dealkylation sites (N-methyl/N-ethyl adjacent to an activating group) is 3. The molecule has 99 heavy (non-hydrogen) atoms. The van der Waals surface area contributed by atoms with Gasteiger partial charge < -0.3 is 58.7 Å². The summed E-state index contributed by atoms with van der Waals surface area (Å²) >= 11 is 0. The van der Waals surface area contributed by atoms with Gasteiger partial charge in [-0.3, -0.25) is 16.0 Å². The number of hydrogen-bond donors (Lipinski definition) is 5. The number of ether oxygens (including phenoxy) is 5. The number of benzene rings is 8. The Hall–Kier alpha value is -10.4. The Labute approximate surface area is 581 Å². The Balaban J connectivity index is 0.000000176. The number of carbonyl (C=O) groups is 6. The number of hydrogen-bond acceptors (Lipinski definition) is 15. The summed E-state index contributed by atoms with van der Waals surface area (Å²) in [5.74, 6) is 0. The van der Waals surface area contributed by atoms with Crippen molar-refractivity contribution in [3.05, 3.63) is 236 Å². The molecule has 3 fully saturated rings. The van der Waals surface area contributed by atoms with Gasteiger partial charge in [-0.2, -0.15) is 0 Å². The molecule has 8 aromatic rings. The van der Waals surface area contributed by atoms with Gasteiger partial charge in [-0.05, 0) is 105 Å². The number of nitrogens with one attached hydrogen (secondary N) is 5. The summed E-state index contributed by atoms with van der Waals surface area (Å²) in [4.78, 5) is 78.2. The van der Waals surface area contributed by atoms with Crippen LogP contribution in [0, 0.1) is 0 Å². The van der Waals surface area contributed by atoms with Gasteiger partial charge in [0.15, 0.2) is 0 Å². The van der Waals surface area contributed by atoms with Crippen LogP contribution in [0.25, 0.3) is 33.4 Å². The second-order valence-electron chi connectivity index (χ2n) is 24.0. The smallest absolute Gasteiger partial charge is 0.411 e. The highest BCUT2D eigenvalue weighted by Gasteiger charge is 2.26. The maximum atomic E-state index is 12.6. The summed E-state index contributed by atoms with van der Waals surface area (Å²) in [7, 11) is 5.23. The van der Waals surface area contributed by atoms with Crippen molar-refractivity contribution in [3.8, 4) is 33.4 Å². The maximum absolute atomic E-state index is 12.6. The highest BCUT2D eigenvalue weighted by Crippen LogP contribution is 2.31. The van der Waals surface area contributed by atoms with E-state index in [1.165, 1.54) is 11.9 Å². The number of anilines is 3. The third-order valence-electron chi connectivity index (χ3n) is 16.7. The number of rotatable bonds is 21. The fraction of sp³-hybridized carbons (Fsp3) is 0.316. The molecule has 3 heterocycles. The van der Waals surface area contributed by atoms with Gasteiger partial charge in [-0.1, -0.05) is 206 Å². The normalized spacial score (nSPS) is 14.1. The Morgan fingerprint density at radius 3 is 1.12 bits per heavy atom. The highest BCUT2D eigenvalue weighted by atomic mass is 16.6. The van der Waals surface area contributed by atoms with Crippen molar-refractivity contribution in [2.75, 3.05) is 109 Å². The number of para-hydroxylation sites is 3. The molecule has 0 aliphatic carbocycles. The number of nitrogens with zero attached hydrogens (tertiary/aromatic N) is 4. The summed E-state index contributed by atoms with van der Waals surface area (Å²) in [6.45, 7) is 9.27. The van der Waals surface area contributed by atoms with E-state index >= 15 is 0 Å². The number of aldehydes is 1. The highest BCUT2D eigenvalue weighted by molar-refractivity contribution is 5.93. The molecule has 0 bridgehead atoms. The minimum Gasteiger partial charge on any atom is -0.446 e. The van der Waals surface area contributed by atoms with Crippen LogP contribution in [0.4, 0.5) is 41.0 Å². The first-order chi connectivity index (χ1) is 48.4. The lowest BCUT2D eigenvalue weighted by Gasteiger charge is -2.32. The van der Waals surface area contributed by atoms with E-state index in [2.05, 4.69) is 36.4 Å². The molecule has 0 atom stereocenters. The molecule has 520 valence electrons. The van der Waals surface area contributed by atoms with Gasteiger partial charge in [0.1, 0.15) is 37.8 Å². The van der Waals surface area contributed by atoms with E-state index in [4.69, 9.17) is 23.7 Å². The number of piperidine rings is 3. The second kappa shape index (κ2) is 41.7. The van der Waals surface area contributed by atoms with Crippen LogP contribution in [-0.4, -0.2) is 168 Å². The van der Waals surface area contributed by atoms with Crippen molar-refractivity contribution in [2.24, 2.45) is 0 Å². The van der Waals surface area contributed by atoms with E-state index in [9.17, 15) is 28.8 Å². The monoisotopic (exact) mass is 1340 g/mol. The van der Waals surface area contributed by atoms with Crippen LogP contribution in [0.15, 0.2) is 224 Å². The van der Waals surface area contributed by atoms with Crippen LogP contribution in [0.3, 0.4) is 0 Å². The average Bonchev–Trinajstić information content (AvgIpc) is 1.36.